The van der Waals surface area contributed by atoms with Gasteiger partial charge in [-0.05, 0) is 33.6 Å². The standard InChI is InChI=1S/C15H28N4O2/c1-5-10-16-14(20)8-7-13-12-19(18-17-13)11-9-15(3,4)21-6-2/h12H,5-11H2,1-4H3,(H,16,20). The van der Waals surface area contributed by atoms with Gasteiger partial charge in [-0.2, -0.15) is 0 Å². The molecular formula is C15H28N4O2. The van der Waals surface area contributed by atoms with Crippen LogP contribution in [0.15, 0.2) is 6.20 Å². The van der Waals surface area contributed by atoms with Crippen molar-refractivity contribution in [3.05, 3.63) is 11.9 Å². The van der Waals surface area contributed by atoms with Gasteiger partial charge in [0.05, 0.1) is 11.3 Å². The van der Waals surface area contributed by atoms with Crippen LogP contribution in [0.1, 0.15) is 52.7 Å². The first-order valence-electron chi connectivity index (χ1n) is 7.76. The van der Waals surface area contributed by atoms with Gasteiger partial charge >= 0.3 is 0 Å². The highest BCUT2D eigenvalue weighted by Crippen LogP contribution is 2.15. The lowest BCUT2D eigenvalue weighted by molar-refractivity contribution is -0.121. The Balaban J connectivity index is 2.34. The number of ether oxygens (including phenoxy) is 1. The normalized spacial score (nSPS) is 11.6. The highest BCUT2D eigenvalue weighted by molar-refractivity contribution is 5.75. The van der Waals surface area contributed by atoms with Crippen molar-refractivity contribution in [3.63, 3.8) is 0 Å². The summed E-state index contributed by atoms with van der Waals surface area (Å²) in [6, 6.07) is 0. The van der Waals surface area contributed by atoms with E-state index < -0.39 is 0 Å². The van der Waals surface area contributed by atoms with Crippen molar-refractivity contribution in [2.24, 2.45) is 0 Å². The number of aromatic nitrogens is 3. The zero-order valence-corrected chi connectivity index (χ0v) is 13.7. The number of carbonyl (C=O) groups is 1. The summed E-state index contributed by atoms with van der Waals surface area (Å²) in [4.78, 5) is 11.5. The van der Waals surface area contributed by atoms with E-state index in [0.717, 1.165) is 31.6 Å². The van der Waals surface area contributed by atoms with Gasteiger partial charge in [-0.3, -0.25) is 9.48 Å². The van der Waals surface area contributed by atoms with Gasteiger partial charge in [-0.25, -0.2) is 0 Å². The third kappa shape index (κ3) is 7.22. The minimum Gasteiger partial charge on any atom is -0.376 e. The molecule has 0 atom stereocenters. The zero-order valence-electron chi connectivity index (χ0n) is 13.7. The molecule has 6 heteroatoms. The monoisotopic (exact) mass is 296 g/mol. The second-order valence-electron chi connectivity index (χ2n) is 5.77. The van der Waals surface area contributed by atoms with Crippen LogP contribution in [0.2, 0.25) is 0 Å². The summed E-state index contributed by atoms with van der Waals surface area (Å²) in [6.07, 6.45) is 4.83. The van der Waals surface area contributed by atoms with Crippen LogP contribution in [-0.2, 0) is 22.5 Å². The lowest BCUT2D eigenvalue weighted by Gasteiger charge is -2.24. The largest absolute Gasteiger partial charge is 0.376 e. The Morgan fingerprint density at radius 1 is 1.43 bits per heavy atom. The minimum absolute atomic E-state index is 0.0730. The lowest BCUT2D eigenvalue weighted by Crippen LogP contribution is -2.26. The summed E-state index contributed by atoms with van der Waals surface area (Å²) in [7, 11) is 0. The molecule has 0 aromatic carbocycles. The van der Waals surface area contributed by atoms with Gasteiger partial charge in [-0.1, -0.05) is 12.1 Å². The molecule has 0 fully saturated rings. The van der Waals surface area contributed by atoms with Gasteiger partial charge in [0.25, 0.3) is 0 Å². The third-order valence-corrected chi connectivity index (χ3v) is 3.24. The molecule has 1 heterocycles. The van der Waals surface area contributed by atoms with E-state index >= 15 is 0 Å². The Bertz CT molecular complexity index is 429. The number of aryl methyl sites for hydroxylation is 2. The second-order valence-corrected chi connectivity index (χ2v) is 5.77. The van der Waals surface area contributed by atoms with Crippen LogP contribution in [0.5, 0.6) is 0 Å². The van der Waals surface area contributed by atoms with E-state index in [2.05, 4.69) is 29.5 Å². The quantitative estimate of drug-likeness (QED) is 0.716. The number of hydrogen-bond acceptors (Lipinski definition) is 4. The molecule has 0 radical (unpaired) electrons. The molecule has 0 saturated heterocycles. The molecule has 1 aromatic heterocycles. The molecule has 0 aliphatic heterocycles. The Hall–Kier alpha value is -1.43. The average molecular weight is 296 g/mol. The van der Waals surface area contributed by atoms with Crippen molar-refractivity contribution < 1.29 is 9.53 Å². The zero-order chi connectivity index (χ0) is 15.7. The van der Waals surface area contributed by atoms with Gasteiger partial charge in [0.1, 0.15) is 0 Å². The molecule has 0 unspecified atom stereocenters. The highest BCUT2D eigenvalue weighted by atomic mass is 16.5. The smallest absolute Gasteiger partial charge is 0.220 e. The number of amides is 1. The van der Waals surface area contributed by atoms with Gasteiger partial charge in [-0.15, -0.1) is 5.10 Å². The Morgan fingerprint density at radius 2 is 2.19 bits per heavy atom. The van der Waals surface area contributed by atoms with Crippen molar-refractivity contribution in [1.29, 1.82) is 0 Å². The molecule has 21 heavy (non-hydrogen) atoms. The molecule has 120 valence electrons. The first kappa shape index (κ1) is 17.6. The van der Waals surface area contributed by atoms with Gasteiger partial charge < -0.3 is 10.1 Å². The van der Waals surface area contributed by atoms with E-state index in [0.29, 0.717) is 19.4 Å². The van der Waals surface area contributed by atoms with Crippen LogP contribution in [0.25, 0.3) is 0 Å². The Kier molecular flexibility index (Phi) is 7.36. The number of hydrogen-bond donors (Lipinski definition) is 1. The molecule has 0 aliphatic carbocycles. The number of carbonyl (C=O) groups excluding carboxylic acids is 1. The van der Waals surface area contributed by atoms with Gasteiger partial charge in [0.2, 0.25) is 5.91 Å². The van der Waals surface area contributed by atoms with Crippen LogP contribution in [0.4, 0.5) is 0 Å². The summed E-state index contributed by atoms with van der Waals surface area (Å²) in [5.41, 5.74) is 0.705. The molecule has 1 amide bonds. The van der Waals surface area contributed by atoms with E-state index in [1.807, 2.05) is 24.7 Å². The maximum atomic E-state index is 11.5. The molecule has 0 aliphatic rings. The van der Waals surface area contributed by atoms with Crippen molar-refractivity contribution in [2.45, 2.75) is 65.5 Å². The summed E-state index contributed by atoms with van der Waals surface area (Å²) < 4.78 is 7.48. The van der Waals surface area contributed by atoms with Gasteiger partial charge in [0, 0.05) is 38.7 Å². The fraction of sp³-hybridized carbons (Fsp3) is 0.800. The maximum absolute atomic E-state index is 11.5. The number of rotatable bonds is 10. The summed E-state index contributed by atoms with van der Waals surface area (Å²) in [5.74, 6) is 0.0730. The van der Waals surface area contributed by atoms with Crippen LogP contribution in [0, 0.1) is 0 Å². The highest BCUT2D eigenvalue weighted by Gasteiger charge is 2.17. The maximum Gasteiger partial charge on any atom is 0.220 e. The van der Waals surface area contributed by atoms with Crippen molar-refractivity contribution in [3.8, 4) is 0 Å². The molecule has 0 spiro atoms. The van der Waals surface area contributed by atoms with Crippen LogP contribution < -0.4 is 5.32 Å². The van der Waals surface area contributed by atoms with E-state index in [4.69, 9.17) is 4.74 Å². The molecule has 0 bridgehead atoms. The fourth-order valence-electron chi connectivity index (χ4n) is 2.00. The molecule has 6 nitrogen and oxygen atoms in total. The topological polar surface area (TPSA) is 69.0 Å². The van der Waals surface area contributed by atoms with E-state index in [1.165, 1.54) is 0 Å². The first-order valence-corrected chi connectivity index (χ1v) is 7.76. The van der Waals surface area contributed by atoms with Crippen molar-refractivity contribution in [1.82, 2.24) is 20.3 Å². The van der Waals surface area contributed by atoms with E-state index in [-0.39, 0.29) is 11.5 Å². The predicted molar refractivity (Wildman–Crippen MR) is 82.0 cm³/mol. The van der Waals surface area contributed by atoms with Crippen LogP contribution in [-0.4, -0.2) is 39.7 Å². The molecule has 1 rings (SSSR count). The fourth-order valence-corrected chi connectivity index (χ4v) is 2.00. The Morgan fingerprint density at radius 3 is 2.86 bits per heavy atom. The summed E-state index contributed by atoms with van der Waals surface area (Å²) >= 11 is 0. The molecule has 0 saturated carbocycles. The first-order chi connectivity index (χ1) is 9.96. The van der Waals surface area contributed by atoms with Crippen molar-refractivity contribution in [2.75, 3.05) is 13.2 Å². The third-order valence-electron chi connectivity index (χ3n) is 3.24. The summed E-state index contributed by atoms with van der Waals surface area (Å²) in [6.45, 7) is 10.4. The minimum atomic E-state index is -0.152. The number of nitrogens with one attached hydrogen (secondary N) is 1. The summed E-state index contributed by atoms with van der Waals surface area (Å²) in [5, 5.41) is 11.1. The van der Waals surface area contributed by atoms with E-state index in [9.17, 15) is 4.79 Å². The predicted octanol–water partition coefficient (Wildman–Crippen LogP) is 1.94. The molecular weight excluding hydrogens is 268 g/mol. The van der Waals surface area contributed by atoms with Gasteiger partial charge in [0.15, 0.2) is 0 Å². The SMILES string of the molecule is CCCNC(=O)CCc1cn(CCC(C)(C)OCC)nn1. The second kappa shape index (κ2) is 8.77. The molecule has 1 N–H and O–H groups in total. The van der Waals surface area contributed by atoms with Crippen molar-refractivity contribution >= 4 is 5.91 Å². The Labute approximate surface area is 127 Å². The molecule has 1 aromatic rings. The number of nitrogens with zero attached hydrogens (tertiary/aromatic N) is 3. The van der Waals surface area contributed by atoms with E-state index in [1.54, 1.807) is 0 Å². The lowest BCUT2D eigenvalue weighted by atomic mass is 10.1. The average Bonchev–Trinajstić information content (AvgIpc) is 2.89. The van der Waals surface area contributed by atoms with Crippen LogP contribution in [0.3, 0.4) is 0 Å². The van der Waals surface area contributed by atoms with Crippen LogP contribution >= 0.6 is 0 Å².